The Bertz CT molecular complexity index is 681. The Morgan fingerprint density at radius 3 is 2.50 bits per heavy atom. The number of piperidine rings is 1. The maximum Gasteiger partial charge on any atom is 0.271 e. The molecule has 0 bridgehead atoms. The Morgan fingerprint density at radius 2 is 1.92 bits per heavy atom. The fourth-order valence-electron chi connectivity index (χ4n) is 3.16. The molecular formula is C19H24ClN3O. The average molecular weight is 346 g/mol. The quantitative estimate of drug-likeness (QED) is 0.913. The van der Waals surface area contributed by atoms with E-state index in [0.29, 0.717) is 11.6 Å². The third kappa shape index (κ3) is 4.06. The summed E-state index contributed by atoms with van der Waals surface area (Å²) in [6.45, 7) is 5.91. The van der Waals surface area contributed by atoms with Crippen molar-refractivity contribution in [3.8, 4) is 0 Å². The van der Waals surface area contributed by atoms with Crippen LogP contribution < -0.4 is 0 Å². The normalized spacial score (nSPS) is 15.5. The molecule has 5 heteroatoms. The number of rotatable bonds is 3. The summed E-state index contributed by atoms with van der Waals surface area (Å²) in [7, 11) is 0. The standard InChI is InChI=1S/C19H23N3O.ClH/c1-14-4-3-5-15(2)17(14)7-6-16-8-10-22(11-9-16)19(23)18-12-20-13-21-18;/h3-7,12-13,16H,8-11H2,1-2H3,(H,20,21);1H/b7-6+;. The summed E-state index contributed by atoms with van der Waals surface area (Å²) in [6.07, 6.45) is 9.74. The lowest BCUT2D eigenvalue weighted by Gasteiger charge is -2.30. The van der Waals surface area contributed by atoms with E-state index in [1.165, 1.54) is 16.7 Å². The lowest BCUT2D eigenvalue weighted by Crippen LogP contribution is -2.38. The van der Waals surface area contributed by atoms with E-state index in [-0.39, 0.29) is 18.3 Å². The first kappa shape index (κ1) is 18.3. The van der Waals surface area contributed by atoms with Crippen LogP contribution in [-0.2, 0) is 0 Å². The van der Waals surface area contributed by atoms with Gasteiger partial charge in [-0.1, -0.05) is 30.4 Å². The second-order valence-corrected chi connectivity index (χ2v) is 6.26. The van der Waals surface area contributed by atoms with Crippen LogP contribution in [0.2, 0.25) is 0 Å². The number of aromatic nitrogens is 2. The van der Waals surface area contributed by atoms with Crippen molar-refractivity contribution >= 4 is 24.4 Å². The van der Waals surface area contributed by atoms with Gasteiger partial charge >= 0.3 is 0 Å². The first-order valence-corrected chi connectivity index (χ1v) is 8.17. The molecule has 0 aliphatic carbocycles. The summed E-state index contributed by atoms with van der Waals surface area (Å²) in [5, 5.41) is 0. The lowest BCUT2D eigenvalue weighted by molar-refractivity contribution is 0.0700. The van der Waals surface area contributed by atoms with Gasteiger partial charge in [0, 0.05) is 13.1 Å². The molecule has 3 rings (SSSR count). The van der Waals surface area contributed by atoms with Crippen LogP contribution in [0, 0.1) is 19.8 Å². The molecule has 1 aromatic carbocycles. The van der Waals surface area contributed by atoms with Gasteiger partial charge in [-0.3, -0.25) is 4.79 Å². The first-order valence-electron chi connectivity index (χ1n) is 8.17. The van der Waals surface area contributed by atoms with Crippen LogP contribution in [-0.4, -0.2) is 33.9 Å². The van der Waals surface area contributed by atoms with E-state index >= 15 is 0 Å². The molecule has 4 nitrogen and oxygen atoms in total. The maximum absolute atomic E-state index is 12.3. The summed E-state index contributed by atoms with van der Waals surface area (Å²) in [5.41, 5.74) is 4.53. The van der Waals surface area contributed by atoms with E-state index in [2.05, 4.69) is 54.2 Å². The summed E-state index contributed by atoms with van der Waals surface area (Å²) < 4.78 is 0. The molecular weight excluding hydrogens is 322 g/mol. The lowest BCUT2D eigenvalue weighted by atomic mass is 9.94. The first-order chi connectivity index (χ1) is 11.1. The van der Waals surface area contributed by atoms with Crippen LogP contribution >= 0.6 is 12.4 Å². The van der Waals surface area contributed by atoms with Gasteiger partial charge in [-0.05, 0) is 49.3 Å². The van der Waals surface area contributed by atoms with Crippen molar-refractivity contribution in [2.75, 3.05) is 13.1 Å². The minimum absolute atomic E-state index is 0. The molecule has 1 saturated heterocycles. The molecule has 1 aromatic heterocycles. The van der Waals surface area contributed by atoms with Gasteiger partial charge in [0.1, 0.15) is 5.69 Å². The Labute approximate surface area is 149 Å². The summed E-state index contributed by atoms with van der Waals surface area (Å²) in [6, 6.07) is 6.40. The van der Waals surface area contributed by atoms with Gasteiger partial charge < -0.3 is 9.88 Å². The SMILES string of the molecule is Cc1cccc(C)c1/C=C/C1CCN(C(=O)c2cnc[nH]2)CC1.Cl. The molecule has 1 N–H and O–H groups in total. The number of carbonyl (C=O) groups is 1. The molecule has 0 atom stereocenters. The number of nitrogens with zero attached hydrogens (tertiary/aromatic N) is 2. The van der Waals surface area contributed by atoms with Crippen LogP contribution in [0.3, 0.4) is 0 Å². The minimum Gasteiger partial charge on any atom is -0.341 e. The predicted octanol–water partition coefficient (Wildman–Crippen LogP) is 4.01. The maximum atomic E-state index is 12.3. The second kappa shape index (κ2) is 8.15. The number of H-pyrrole nitrogens is 1. The van der Waals surface area contributed by atoms with Crippen molar-refractivity contribution < 1.29 is 4.79 Å². The zero-order valence-electron chi connectivity index (χ0n) is 14.2. The van der Waals surface area contributed by atoms with Crippen molar-refractivity contribution in [3.05, 3.63) is 59.2 Å². The highest BCUT2D eigenvalue weighted by molar-refractivity contribution is 5.92. The van der Waals surface area contributed by atoms with Gasteiger partial charge in [0.25, 0.3) is 5.91 Å². The highest BCUT2D eigenvalue weighted by Gasteiger charge is 2.23. The second-order valence-electron chi connectivity index (χ2n) is 6.26. The largest absolute Gasteiger partial charge is 0.341 e. The molecule has 0 spiro atoms. The minimum atomic E-state index is 0. The summed E-state index contributed by atoms with van der Waals surface area (Å²) in [4.78, 5) is 21.0. The molecule has 128 valence electrons. The summed E-state index contributed by atoms with van der Waals surface area (Å²) >= 11 is 0. The highest BCUT2D eigenvalue weighted by atomic mass is 35.5. The number of hydrogen-bond donors (Lipinski definition) is 1. The number of nitrogens with one attached hydrogen (secondary N) is 1. The van der Waals surface area contributed by atoms with Crippen molar-refractivity contribution in [1.82, 2.24) is 14.9 Å². The fourth-order valence-corrected chi connectivity index (χ4v) is 3.16. The van der Waals surface area contributed by atoms with Gasteiger partial charge in [0.05, 0.1) is 12.5 Å². The van der Waals surface area contributed by atoms with Crippen LogP contribution in [0.1, 0.15) is 40.0 Å². The van der Waals surface area contributed by atoms with Crippen LogP contribution in [0.5, 0.6) is 0 Å². The van der Waals surface area contributed by atoms with Crippen molar-refractivity contribution in [2.24, 2.45) is 5.92 Å². The van der Waals surface area contributed by atoms with E-state index < -0.39 is 0 Å². The molecule has 1 amide bonds. The number of benzene rings is 1. The summed E-state index contributed by atoms with van der Waals surface area (Å²) in [5.74, 6) is 0.597. The van der Waals surface area contributed by atoms with Crippen LogP contribution in [0.4, 0.5) is 0 Å². The van der Waals surface area contributed by atoms with E-state index in [1.54, 1.807) is 12.5 Å². The highest BCUT2D eigenvalue weighted by Crippen LogP contribution is 2.22. The molecule has 1 fully saturated rings. The number of hydrogen-bond acceptors (Lipinski definition) is 2. The van der Waals surface area contributed by atoms with E-state index in [0.717, 1.165) is 25.9 Å². The Kier molecular flexibility index (Phi) is 6.21. The van der Waals surface area contributed by atoms with E-state index in [4.69, 9.17) is 0 Å². The number of imidazole rings is 1. The van der Waals surface area contributed by atoms with Crippen molar-refractivity contribution in [3.63, 3.8) is 0 Å². The van der Waals surface area contributed by atoms with Gasteiger partial charge in [-0.25, -0.2) is 4.98 Å². The van der Waals surface area contributed by atoms with Gasteiger partial charge in [-0.15, -0.1) is 12.4 Å². The van der Waals surface area contributed by atoms with Crippen molar-refractivity contribution in [1.29, 1.82) is 0 Å². The fraction of sp³-hybridized carbons (Fsp3) is 0.368. The molecule has 0 saturated carbocycles. The number of aryl methyl sites for hydroxylation is 2. The average Bonchev–Trinajstić information content (AvgIpc) is 3.09. The molecule has 24 heavy (non-hydrogen) atoms. The van der Waals surface area contributed by atoms with Crippen LogP contribution in [0.15, 0.2) is 36.8 Å². The molecule has 2 heterocycles. The molecule has 1 aliphatic rings. The number of amides is 1. The topological polar surface area (TPSA) is 49.0 Å². The molecule has 1 aliphatic heterocycles. The Hall–Kier alpha value is -2.07. The smallest absolute Gasteiger partial charge is 0.271 e. The third-order valence-corrected chi connectivity index (χ3v) is 4.63. The zero-order valence-corrected chi connectivity index (χ0v) is 15.0. The van der Waals surface area contributed by atoms with Gasteiger partial charge in [-0.2, -0.15) is 0 Å². The number of halogens is 1. The molecule has 0 radical (unpaired) electrons. The molecule has 2 aromatic rings. The zero-order chi connectivity index (χ0) is 16.2. The molecule has 0 unspecified atom stereocenters. The van der Waals surface area contributed by atoms with E-state index in [9.17, 15) is 4.79 Å². The Balaban J connectivity index is 0.00000208. The van der Waals surface area contributed by atoms with Crippen LogP contribution in [0.25, 0.3) is 6.08 Å². The third-order valence-electron chi connectivity index (χ3n) is 4.63. The monoisotopic (exact) mass is 345 g/mol. The number of allylic oxidation sites excluding steroid dienone is 1. The van der Waals surface area contributed by atoms with Crippen molar-refractivity contribution in [2.45, 2.75) is 26.7 Å². The number of likely N-dealkylation sites (tertiary alicyclic amines) is 1. The predicted molar refractivity (Wildman–Crippen MR) is 99.4 cm³/mol. The van der Waals surface area contributed by atoms with Gasteiger partial charge in [0.2, 0.25) is 0 Å². The van der Waals surface area contributed by atoms with Gasteiger partial charge in [0.15, 0.2) is 0 Å². The van der Waals surface area contributed by atoms with E-state index in [1.807, 2.05) is 4.90 Å². The Morgan fingerprint density at radius 1 is 1.25 bits per heavy atom. The number of carbonyl (C=O) groups excluding carboxylic acids is 1. The number of aromatic amines is 1.